The molecule has 5 heteroatoms. The Morgan fingerprint density at radius 3 is 2.84 bits per heavy atom. The number of thiazole rings is 1. The lowest BCUT2D eigenvalue weighted by molar-refractivity contribution is -0.137. The van der Waals surface area contributed by atoms with E-state index in [1.54, 1.807) is 11.3 Å². The first-order valence-corrected chi connectivity index (χ1v) is 10.0. The Balaban J connectivity index is 1.67. The molecule has 25 heavy (non-hydrogen) atoms. The van der Waals surface area contributed by atoms with Gasteiger partial charge in [0.05, 0.1) is 16.6 Å². The van der Waals surface area contributed by atoms with Gasteiger partial charge in [-0.05, 0) is 24.8 Å². The van der Waals surface area contributed by atoms with Crippen LogP contribution in [0.2, 0.25) is 0 Å². The van der Waals surface area contributed by atoms with Gasteiger partial charge in [0.1, 0.15) is 0 Å². The monoisotopic (exact) mass is 357 g/mol. The highest BCUT2D eigenvalue weighted by Crippen LogP contribution is 2.31. The largest absolute Gasteiger partial charge is 0.342 e. The average molecular weight is 358 g/mol. The quantitative estimate of drug-likeness (QED) is 0.886. The van der Waals surface area contributed by atoms with E-state index in [1.165, 1.54) is 5.01 Å². The van der Waals surface area contributed by atoms with Crippen LogP contribution in [0.15, 0.2) is 35.7 Å². The molecule has 1 saturated heterocycles. The van der Waals surface area contributed by atoms with Gasteiger partial charge in [-0.25, -0.2) is 4.98 Å². The molecule has 0 bridgehead atoms. The zero-order valence-corrected chi connectivity index (χ0v) is 15.8. The van der Waals surface area contributed by atoms with Gasteiger partial charge in [0, 0.05) is 30.4 Å². The average Bonchev–Trinajstić information content (AvgIpc) is 3.16. The van der Waals surface area contributed by atoms with Crippen LogP contribution in [0.3, 0.4) is 0 Å². The zero-order valence-electron chi connectivity index (χ0n) is 15.0. The number of likely N-dealkylation sites (tertiary alicyclic amines) is 1. The van der Waals surface area contributed by atoms with Gasteiger partial charge in [-0.15, -0.1) is 11.3 Å². The number of nitrogens with two attached hydrogens (primary N) is 1. The predicted octanol–water partition coefficient (Wildman–Crippen LogP) is 3.75. The number of nitrogens with zero attached hydrogens (tertiary/aromatic N) is 2. The van der Waals surface area contributed by atoms with E-state index in [0.29, 0.717) is 5.92 Å². The second-order valence-corrected chi connectivity index (χ2v) is 7.77. The number of hydrogen-bond donors (Lipinski definition) is 1. The maximum atomic E-state index is 13.0. The number of hydrogen-bond acceptors (Lipinski definition) is 4. The Labute approximate surface area is 154 Å². The van der Waals surface area contributed by atoms with Crippen molar-refractivity contribution in [1.82, 2.24) is 9.88 Å². The van der Waals surface area contributed by atoms with Crippen molar-refractivity contribution in [3.8, 4) is 0 Å². The van der Waals surface area contributed by atoms with Crippen LogP contribution in [0.25, 0.3) is 0 Å². The minimum atomic E-state index is -0.263. The molecular formula is C20H27N3OS. The standard InChI is InChI=1S/C20H27N3OS/c1-3-17-13-25-19(22-17)16-10-7-11-23(12-16)20(24)14(2)18(21)15-8-5-4-6-9-15/h4-6,8-9,13-14,16,18H,3,7,10-12,21H2,1-2H3. The molecule has 0 spiro atoms. The first kappa shape index (κ1) is 18.1. The van der Waals surface area contributed by atoms with Gasteiger partial charge in [0.2, 0.25) is 5.91 Å². The van der Waals surface area contributed by atoms with Gasteiger partial charge in [0.15, 0.2) is 0 Å². The Morgan fingerprint density at radius 1 is 1.40 bits per heavy atom. The Morgan fingerprint density at radius 2 is 2.16 bits per heavy atom. The summed E-state index contributed by atoms with van der Waals surface area (Å²) < 4.78 is 0. The van der Waals surface area contributed by atoms with Crippen molar-refractivity contribution >= 4 is 17.2 Å². The van der Waals surface area contributed by atoms with Crippen molar-refractivity contribution in [2.45, 2.75) is 45.1 Å². The third kappa shape index (κ3) is 4.10. The van der Waals surface area contributed by atoms with Crippen LogP contribution in [-0.4, -0.2) is 28.9 Å². The van der Waals surface area contributed by atoms with Crippen LogP contribution in [-0.2, 0) is 11.2 Å². The molecule has 3 unspecified atom stereocenters. The van der Waals surface area contributed by atoms with Crippen LogP contribution < -0.4 is 5.73 Å². The van der Waals surface area contributed by atoms with E-state index in [-0.39, 0.29) is 17.9 Å². The number of carbonyl (C=O) groups excluding carboxylic acids is 1. The van der Waals surface area contributed by atoms with Crippen LogP contribution in [0, 0.1) is 5.92 Å². The topological polar surface area (TPSA) is 59.2 Å². The summed E-state index contributed by atoms with van der Waals surface area (Å²) >= 11 is 1.73. The zero-order chi connectivity index (χ0) is 17.8. The molecule has 1 aliphatic rings. The lowest BCUT2D eigenvalue weighted by Gasteiger charge is -2.34. The van der Waals surface area contributed by atoms with Crippen molar-refractivity contribution in [3.63, 3.8) is 0 Å². The van der Waals surface area contributed by atoms with Gasteiger partial charge in [-0.2, -0.15) is 0 Å². The second kappa shape index (κ2) is 8.11. The van der Waals surface area contributed by atoms with E-state index in [1.807, 2.05) is 42.2 Å². The fourth-order valence-electron chi connectivity index (χ4n) is 3.46. The Kier molecular flexibility index (Phi) is 5.86. The molecule has 3 atom stereocenters. The number of aryl methyl sites for hydroxylation is 1. The van der Waals surface area contributed by atoms with Crippen molar-refractivity contribution in [2.24, 2.45) is 11.7 Å². The minimum Gasteiger partial charge on any atom is -0.342 e. The lowest BCUT2D eigenvalue weighted by atomic mass is 9.92. The first-order valence-electron chi connectivity index (χ1n) is 9.13. The van der Waals surface area contributed by atoms with Gasteiger partial charge >= 0.3 is 0 Å². The maximum absolute atomic E-state index is 13.0. The number of benzene rings is 1. The summed E-state index contributed by atoms with van der Waals surface area (Å²) in [6, 6.07) is 9.63. The molecule has 2 heterocycles. The van der Waals surface area contributed by atoms with E-state index in [2.05, 4.69) is 12.3 Å². The number of amides is 1. The number of aromatic nitrogens is 1. The highest BCUT2D eigenvalue weighted by molar-refractivity contribution is 7.09. The third-order valence-corrected chi connectivity index (χ3v) is 6.18. The molecule has 1 fully saturated rings. The third-order valence-electron chi connectivity index (χ3n) is 5.13. The molecule has 0 saturated carbocycles. The normalized spacial score (nSPS) is 20.3. The fraction of sp³-hybridized carbons (Fsp3) is 0.500. The summed E-state index contributed by atoms with van der Waals surface area (Å²) in [7, 11) is 0. The predicted molar refractivity (Wildman–Crippen MR) is 103 cm³/mol. The number of rotatable bonds is 5. The van der Waals surface area contributed by atoms with Crippen LogP contribution in [0.1, 0.15) is 54.9 Å². The van der Waals surface area contributed by atoms with Crippen molar-refractivity contribution in [1.29, 1.82) is 0 Å². The van der Waals surface area contributed by atoms with Crippen LogP contribution >= 0.6 is 11.3 Å². The SMILES string of the molecule is CCc1csc(C2CCCN(C(=O)C(C)C(N)c3ccccc3)C2)n1. The van der Waals surface area contributed by atoms with Crippen molar-refractivity contribution < 1.29 is 4.79 Å². The van der Waals surface area contributed by atoms with Gasteiger partial charge in [0.25, 0.3) is 0 Å². The molecule has 1 aromatic carbocycles. The molecule has 1 amide bonds. The summed E-state index contributed by atoms with van der Waals surface area (Å²) in [5.41, 5.74) is 8.53. The molecule has 134 valence electrons. The molecule has 2 N–H and O–H groups in total. The van der Waals surface area contributed by atoms with Crippen molar-refractivity contribution in [2.75, 3.05) is 13.1 Å². The van der Waals surface area contributed by atoms with Gasteiger partial charge in [-0.1, -0.05) is 44.2 Å². The highest BCUT2D eigenvalue weighted by atomic mass is 32.1. The summed E-state index contributed by atoms with van der Waals surface area (Å²) in [5.74, 6) is 0.306. The van der Waals surface area contributed by atoms with E-state index < -0.39 is 0 Å². The van der Waals surface area contributed by atoms with E-state index in [9.17, 15) is 4.79 Å². The van der Waals surface area contributed by atoms with Crippen LogP contribution in [0.5, 0.6) is 0 Å². The summed E-state index contributed by atoms with van der Waals surface area (Å²) in [6.07, 6.45) is 3.11. The lowest BCUT2D eigenvalue weighted by Crippen LogP contribution is -2.44. The Bertz CT molecular complexity index is 700. The van der Waals surface area contributed by atoms with E-state index in [0.717, 1.165) is 43.6 Å². The molecule has 0 radical (unpaired) electrons. The first-order chi connectivity index (χ1) is 12.1. The molecule has 3 rings (SSSR count). The van der Waals surface area contributed by atoms with Gasteiger partial charge in [-0.3, -0.25) is 4.79 Å². The molecular weight excluding hydrogens is 330 g/mol. The smallest absolute Gasteiger partial charge is 0.227 e. The van der Waals surface area contributed by atoms with E-state index >= 15 is 0 Å². The van der Waals surface area contributed by atoms with Crippen molar-refractivity contribution in [3.05, 3.63) is 52.0 Å². The summed E-state index contributed by atoms with van der Waals surface area (Å²) in [4.78, 5) is 19.7. The molecule has 2 aromatic rings. The highest BCUT2D eigenvalue weighted by Gasteiger charge is 2.31. The second-order valence-electron chi connectivity index (χ2n) is 6.88. The fourth-order valence-corrected chi connectivity index (χ4v) is 4.49. The minimum absolute atomic E-state index is 0.160. The summed E-state index contributed by atoms with van der Waals surface area (Å²) in [5, 5.41) is 3.32. The summed E-state index contributed by atoms with van der Waals surface area (Å²) in [6.45, 7) is 5.67. The molecule has 0 aliphatic carbocycles. The number of piperidine rings is 1. The molecule has 1 aliphatic heterocycles. The molecule has 1 aromatic heterocycles. The Hall–Kier alpha value is -1.72. The maximum Gasteiger partial charge on any atom is 0.227 e. The number of carbonyl (C=O) groups is 1. The van der Waals surface area contributed by atoms with E-state index in [4.69, 9.17) is 10.7 Å². The molecule has 4 nitrogen and oxygen atoms in total. The van der Waals surface area contributed by atoms with Crippen LogP contribution in [0.4, 0.5) is 0 Å². The van der Waals surface area contributed by atoms with Gasteiger partial charge < -0.3 is 10.6 Å².